The van der Waals surface area contributed by atoms with Crippen molar-refractivity contribution >= 4 is 17.5 Å². The second-order valence-electron chi connectivity index (χ2n) is 3.65. The fraction of sp³-hybridized carbons (Fsp3) is 0.462. The third kappa shape index (κ3) is 5.59. The highest BCUT2D eigenvalue weighted by Gasteiger charge is 2.00. The molecule has 0 heterocycles. The lowest BCUT2D eigenvalue weighted by molar-refractivity contribution is -0.121. The van der Waals surface area contributed by atoms with Gasteiger partial charge in [-0.15, -0.1) is 11.6 Å². The van der Waals surface area contributed by atoms with Crippen molar-refractivity contribution in [2.45, 2.75) is 26.3 Å². The minimum atomic E-state index is 0.0412. The number of ether oxygens (including phenoxy) is 1. The Morgan fingerprint density at radius 1 is 1.35 bits per heavy atom. The number of nitrogens with one attached hydrogen (secondary N) is 1. The van der Waals surface area contributed by atoms with Gasteiger partial charge in [0.05, 0.1) is 6.61 Å². The van der Waals surface area contributed by atoms with E-state index in [0.29, 0.717) is 25.5 Å². The van der Waals surface area contributed by atoms with Crippen LogP contribution < -0.4 is 10.1 Å². The van der Waals surface area contributed by atoms with Crippen molar-refractivity contribution in [3.05, 3.63) is 29.8 Å². The zero-order chi connectivity index (χ0) is 12.5. The Bertz CT molecular complexity index is 338. The van der Waals surface area contributed by atoms with Crippen LogP contribution in [0.15, 0.2) is 24.3 Å². The molecule has 1 aromatic rings. The van der Waals surface area contributed by atoms with Crippen molar-refractivity contribution in [3.63, 3.8) is 0 Å². The Morgan fingerprint density at radius 2 is 2.06 bits per heavy atom. The number of halogens is 1. The Balaban J connectivity index is 2.34. The highest BCUT2D eigenvalue weighted by atomic mass is 35.5. The smallest absolute Gasteiger partial charge is 0.220 e. The average molecular weight is 256 g/mol. The molecule has 0 saturated carbocycles. The van der Waals surface area contributed by atoms with Gasteiger partial charge in [0.2, 0.25) is 5.91 Å². The predicted octanol–water partition coefficient (Wildman–Crippen LogP) is 2.72. The fourth-order valence-electron chi connectivity index (χ4n) is 1.39. The van der Waals surface area contributed by atoms with E-state index in [2.05, 4.69) is 5.32 Å². The van der Waals surface area contributed by atoms with Gasteiger partial charge in [-0.05, 0) is 31.0 Å². The molecule has 1 N–H and O–H groups in total. The van der Waals surface area contributed by atoms with Crippen molar-refractivity contribution in [1.29, 1.82) is 0 Å². The molecule has 17 heavy (non-hydrogen) atoms. The van der Waals surface area contributed by atoms with E-state index < -0.39 is 0 Å². The van der Waals surface area contributed by atoms with Crippen LogP contribution in [0.5, 0.6) is 5.75 Å². The Kier molecular flexibility index (Phi) is 6.48. The summed E-state index contributed by atoms with van der Waals surface area (Å²) < 4.78 is 5.34. The normalized spacial score (nSPS) is 10.0. The largest absolute Gasteiger partial charge is 0.494 e. The Hall–Kier alpha value is -1.22. The average Bonchev–Trinajstić information content (AvgIpc) is 2.36. The third-order valence-electron chi connectivity index (χ3n) is 2.26. The van der Waals surface area contributed by atoms with E-state index >= 15 is 0 Å². The van der Waals surface area contributed by atoms with E-state index in [9.17, 15) is 4.79 Å². The molecule has 0 aromatic heterocycles. The van der Waals surface area contributed by atoms with Gasteiger partial charge in [-0.25, -0.2) is 0 Å². The number of alkyl halides is 1. The Morgan fingerprint density at radius 3 is 2.65 bits per heavy atom. The molecule has 0 aliphatic carbocycles. The number of hydrogen-bond donors (Lipinski definition) is 1. The lowest BCUT2D eigenvalue weighted by Crippen LogP contribution is -2.22. The molecule has 0 fully saturated rings. The molecule has 4 heteroatoms. The first-order valence-electron chi connectivity index (χ1n) is 5.80. The van der Waals surface area contributed by atoms with Crippen molar-refractivity contribution in [1.82, 2.24) is 5.32 Å². The van der Waals surface area contributed by atoms with E-state index in [4.69, 9.17) is 16.3 Å². The van der Waals surface area contributed by atoms with Crippen LogP contribution in [0, 0.1) is 0 Å². The third-order valence-corrected chi connectivity index (χ3v) is 2.53. The highest BCUT2D eigenvalue weighted by molar-refractivity contribution is 6.17. The Labute approximate surface area is 107 Å². The molecule has 0 radical (unpaired) electrons. The first-order valence-corrected chi connectivity index (χ1v) is 6.34. The molecule has 3 nitrogen and oxygen atoms in total. The molecule has 0 bridgehead atoms. The molecule has 0 atom stereocenters. The monoisotopic (exact) mass is 255 g/mol. The summed E-state index contributed by atoms with van der Waals surface area (Å²) in [5.41, 5.74) is 1.06. The van der Waals surface area contributed by atoms with Gasteiger partial charge in [0, 0.05) is 18.8 Å². The number of amides is 1. The van der Waals surface area contributed by atoms with Gasteiger partial charge in [-0.2, -0.15) is 0 Å². The van der Waals surface area contributed by atoms with Crippen molar-refractivity contribution in [2.24, 2.45) is 0 Å². The quantitative estimate of drug-likeness (QED) is 0.761. The van der Waals surface area contributed by atoms with E-state index in [1.54, 1.807) is 0 Å². The van der Waals surface area contributed by atoms with Crippen LogP contribution in [0.2, 0.25) is 0 Å². The number of carbonyl (C=O) groups is 1. The summed E-state index contributed by atoms with van der Waals surface area (Å²) in [7, 11) is 0. The summed E-state index contributed by atoms with van der Waals surface area (Å²) in [6.45, 7) is 3.16. The summed E-state index contributed by atoms with van der Waals surface area (Å²) in [6.07, 6.45) is 1.21. The maximum Gasteiger partial charge on any atom is 0.220 e. The standard InChI is InChI=1S/C13H18ClNO2/c1-2-17-12-7-5-11(6-8-12)10-15-13(16)4-3-9-14/h5-8H,2-4,9-10H2,1H3,(H,15,16). The molecule has 0 saturated heterocycles. The van der Waals surface area contributed by atoms with Crippen LogP contribution >= 0.6 is 11.6 Å². The molecule has 1 rings (SSSR count). The van der Waals surface area contributed by atoms with Gasteiger partial charge in [0.15, 0.2) is 0 Å². The molecule has 0 aliphatic rings. The maximum atomic E-state index is 11.4. The first kappa shape index (κ1) is 13.8. The van der Waals surface area contributed by atoms with Crippen LogP contribution in [0.25, 0.3) is 0 Å². The number of benzene rings is 1. The lowest BCUT2D eigenvalue weighted by Gasteiger charge is -2.06. The van der Waals surface area contributed by atoms with E-state index in [1.807, 2.05) is 31.2 Å². The lowest BCUT2D eigenvalue weighted by atomic mass is 10.2. The van der Waals surface area contributed by atoms with E-state index in [0.717, 1.165) is 17.7 Å². The molecule has 0 unspecified atom stereocenters. The predicted molar refractivity (Wildman–Crippen MR) is 69.4 cm³/mol. The topological polar surface area (TPSA) is 38.3 Å². The van der Waals surface area contributed by atoms with Crippen molar-refractivity contribution < 1.29 is 9.53 Å². The molecular formula is C13H18ClNO2. The number of carbonyl (C=O) groups excluding carboxylic acids is 1. The van der Waals surface area contributed by atoms with Crippen molar-refractivity contribution in [3.8, 4) is 5.75 Å². The van der Waals surface area contributed by atoms with Gasteiger partial charge in [0.25, 0.3) is 0 Å². The summed E-state index contributed by atoms with van der Waals surface area (Å²) >= 11 is 5.52. The van der Waals surface area contributed by atoms with Gasteiger partial charge in [-0.3, -0.25) is 4.79 Å². The van der Waals surface area contributed by atoms with Crippen LogP contribution in [0.4, 0.5) is 0 Å². The molecule has 0 aliphatic heterocycles. The van der Waals surface area contributed by atoms with Crippen molar-refractivity contribution in [2.75, 3.05) is 12.5 Å². The van der Waals surface area contributed by atoms with E-state index in [-0.39, 0.29) is 5.91 Å². The fourth-order valence-corrected chi connectivity index (χ4v) is 1.52. The summed E-state index contributed by atoms with van der Waals surface area (Å²) in [6, 6.07) is 7.72. The number of hydrogen-bond acceptors (Lipinski definition) is 2. The molecule has 94 valence electrons. The zero-order valence-electron chi connectivity index (χ0n) is 10.0. The summed E-state index contributed by atoms with van der Waals surface area (Å²) in [4.78, 5) is 11.4. The molecule has 1 amide bonds. The van der Waals surface area contributed by atoms with Crippen LogP contribution in [-0.2, 0) is 11.3 Å². The maximum absolute atomic E-state index is 11.4. The first-order chi connectivity index (χ1) is 8.26. The van der Waals surface area contributed by atoms with Crippen LogP contribution in [0.3, 0.4) is 0 Å². The van der Waals surface area contributed by atoms with E-state index in [1.165, 1.54) is 0 Å². The molecule has 0 spiro atoms. The zero-order valence-corrected chi connectivity index (χ0v) is 10.8. The van der Waals surface area contributed by atoms with Crippen LogP contribution in [-0.4, -0.2) is 18.4 Å². The summed E-state index contributed by atoms with van der Waals surface area (Å²) in [5, 5.41) is 2.85. The van der Waals surface area contributed by atoms with Gasteiger partial charge in [0.1, 0.15) is 5.75 Å². The SMILES string of the molecule is CCOc1ccc(CNC(=O)CCCCl)cc1. The van der Waals surface area contributed by atoms with Crippen LogP contribution in [0.1, 0.15) is 25.3 Å². The number of rotatable bonds is 7. The molecule has 1 aromatic carbocycles. The minimum absolute atomic E-state index is 0.0412. The second-order valence-corrected chi connectivity index (χ2v) is 4.02. The van der Waals surface area contributed by atoms with Gasteiger partial charge < -0.3 is 10.1 Å². The second kappa shape index (κ2) is 7.96. The summed E-state index contributed by atoms with van der Waals surface area (Å²) in [5.74, 6) is 1.42. The van der Waals surface area contributed by atoms with Gasteiger partial charge in [-0.1, -0.05) is 12.1 Å². The van der Waals surface area contributed by atoms with Gasteiger partial charge >= 0.3 is 0 Å². The minimum Gasteiger partial charge on any atom is -0.494 e. The highest BCUT2D eigenvalue weighted by Crippen LogP contribution is 2.11. The molecular weight excluding hydrogens is 238 g/mol.